The molecule has 0 unspecified atom stereocenters. The van der Waals surface area contributed by atoms with E-state index in [4.69, 9.17) is 0 Å². The zero-order chi connectivity index (χ0) is 19.4. The van der Waals surface area contributed by atoms with Gasteiger partial charge in [-0.3, -0.25) is 9.59 Å². The van der Waals surface area contributed by atoms with E-state index in [9.17, 15) is 24.6 Å². The number of carbonyl (C=O) groups is 3. The lowest BCUT2D eigenvalue weighted by atomic mass is 10.0. The number of amides is 2. The van der Waals surface area contributed by atoms with Gasteiger partial charge in [0.1, 0.15) is 17.8 Å². The van der Waals surface area contributed by atoms with Crippen molar-refractivity contribution in [2.75, 3.05) is 13.1 Å². The van der Waals surface area contributed by atoms with E-state index >= 15 is 0 Å². The second-order valence-electron chi connectivity index (χ2n) is 7.11. The fraction of sp³-hybridized carbons (Fsp3) is 0.526. The summed E-state index contributed by atoms with van der Waals surface area (Å²) in [6.45, 7) is 1.32. The molecule has 2 saturated heterocycles. The molecule has 2 fully saturated rings. The van der Waals surface area contributed by atoms with Gasteiger partial charge in [0.2, 0.25) is 11.8 Å². The van der Waals surface area contributed by atoms with Gasteiger partial charge < -0.3 is 25.7 Å². The Hall–Kier alpha value is -2.61. The second kappa shape index (κ2) is 8.39. The summed E-state index contributed by atoms with van der Waals surface area (Å²) < 4.78 is 0. The molecule has 0 radical (unpaired) electrons. The van der Waals surface area contributed by atoms with Crippen LogP contribution in [0.25, 0.3) is 0 Å². The van der Waals surface area contributed by atoms with Crippen LogP contribution >= 0.6 is 0 Å². The van der Waals surface area contributed by atoms with E-state index in [1.165, 1.54) is 12.1 Å². The largest absolute Gasteiger partial charge is 0.508 e. The van der Waals surface area contributed by atoms with Crippen molar-refractivity contribution in [2.24, 2.45) is 0 Å². The predicted octanol–water partition coefficient (Wildman–Crippen LogP) is 0.247. The molecule has 146 valence electrons. The molecule has 0 aliphatic carbocycles. The van der Waals surface area contributed by atoms with Crippen LogP contribution in [0.3, 0.4) is 0 Å². The molecule has 2 aliphatic rings. The van der Waals surface area contributed by atoms with Gasteiger partial charge in [-0.05, 0) is 49.9 Å². The highest BCUT2D eigenvalue weighted by Crippen LogP contribution is 2.21. The maximum Gasteiger partial charge on any atom is 0.326 e. The maximum absolute atomic E-state index is 12.7. The van der Waals surface area contributed by atoms with Gasteiger partial charge in [-0.1, -0.05) is 12.1 Å². The Kier molecular flexibility index (Phi) is 5.95. The molecule has 2 heterocycles. The molecule has 0 saturated carbocycles. The zero-order valence-electron chi connectivity index (χ0n) is 15.1. The quantitative estimate of drug-likeness (QED) is 0.566. The maximum atomic E-state index is 12.7. The first-order valence-corrected chi connectivity index (χ1v) is 9.30. The molecule has 3 rings (SSSR count). The number of benzene rings is 1. The number of aromatic hydroxyl groups is 1. The van der Waals surface area contributed by atoms with E-state index in [-0.39, 0.29) is 24.1 Å². The number of nitrogens with one attached hydrogen (secondary N) is 2. The molecule has 0 aromatic heterocycles. The average molecular weight is 375 g/mol. The van der Waals surface area contributed by atoms with Gasteiger partial charge in [0, 0.05) is 13.0 Å². The Morgan fingerprint density at radius 2 is 1.93 bits per heavy atom. The number of aliphatic carboxylic acids is 1. The number of carboxylic acids is 1. The van der Waals surface area contributed by atoms with Crippen molar-refractivity contribution in [1.29, 1.82) is 0 Å². The molecule has 3 atom stereocenters. The van der Waals surface area contributed by atoms with Crippen molar-refractivity contribution in [2.45, 2.75) is 50.2 Å². The molecule has 8 heteroatoms. The molecular formula is C19H25N3O5. The Balaban J connectivity index is 1.64. The monoisotopic (exact) mass is 375 g/mol. The highest BCUT2D eigenvalue weighted by Gasteiger charge is 2.38. The standard InChI is InChI=1S/C19H25N3O5/c23-13-7-5-12(6-8-13)11-15(19(26)27)21-17(24)16-4-2-10-22(16)18(25)14-3-1-9-20-14/h5-8,14-16,20,23H,1-4,9-11H2,(H,21,24)(H,26,27)/t14-,15-,16-/m0/s1. The number of rotatable bonds is 6. The third-order valence-electron chi connectivity index (χ3n) is 5.19. The smallest absolute Gasteiger partial charge is 0.326 e. The van der Waals surface area contributed by atoms with Crippen LogP contribution in [-0.2, 0) is 20.8 Å². The number of phenols is 1. The molecule has 1 aromatic carbocycles. The van der Waals surface area contributed by atoms with Gasteiger partial charge in [0.15, 0.2) is 0 Å². The van der Waals surface area contributed by atoms with Crippen LogP contribution in [0.5, 0.6) is 5.75 Å². The molecule has 2 aliphatic heterocycles. The predicted molar refractivity (Wildman–Crippen MR) is 97.1 cm³/mol. The summed E-state index contributed by atoms with van der Waals surface area (Å²) in [5.74, 6) is -1.54. The van der Waals surface area contributed by atoms with Crippen LogP contribution in [0.4, 0.5) is 0 Å². The lowest BCUT2D eigenvalue weighted by molar-refractivity contribution is -0.144. The van der Waals surface area contributed by atoms with Crippen LogP contribution in [0.1, 0.15) is 31.2 Å². The Labute approximate surface area is 157 Å². The summed E-state index contributed by atoms with van der Waals surface area (Å²) in [5.41, 5.74) is 0.690. The van der Waals surface area contributed by atoms with Gasteiger partial charge in [-0.25, -0.2) is 4.79 Å². The fourth-order valence-electron chi connectivity index (χ4n) is 3.73. The molecule has 1 aromatic rings. The van der Waals surface area contributed by atoms with E-state index in [2.05, 4.69) is 10.6 Å². The molecule has 0 bridgehead atoms. The topological polar surface area (TPSA) is 119 Å². The summed E-state index contributed by atoms with van der Waals surface area (Å²) in [6, 6.07) is 4.23. The summed E-state index contributed by atoms with van der Waals surface area (Å²) >= 11 is 0. The van der Waals surface area contributed by atoms with Crippen molar-refractivity contribution in [3.8, 4) is 5.75 Å². The summed E-state index contributed by atoms with van der Waals surface area (Å²) in [5, 5.41) is 24.5. The lowest BCUT2D eigenvalue weighted by Crippen LogP contribution is -2.54. The van der Waals surface area contributed by atoms with Crippen LogP contribution in [-0.4, -0.2) is 64.1 Å². The van der Waals surface area contributed by atoms with Crippen LogP contribution in [0, 0.1) is 0 Å². The van der Waals surface area contributed by atoms with Crippen molar-refractivity contribution in [3.05, 3.63) is 29.8 Å². The number of likely N-dealkylation sites (tertiary alicyclic amines) is 1. The van der Waals surface area contributed by atoms with Gasteiger partial charge in [-0.2, -0.15) is 0 Å². The molecule has 2 amide bonds. The number of nitrogens with zero attached hydrogens (tertiary/aromatic N) is 1. The molecule has 27 heavy (non-hydrogen) atoms. The van der Waals surface area contributed by atoms with Gasteiger partial charge in [-0.15, -0.1) is 0 Å². The SMILES string of the molecule is O=C(O)[C@H](Cc1ccc(O)cc1)NC(=O)[C@@H]1CCCN1C(=O)[C@@H]1CCCN1. The highest BCUT2D eigenvalue weighted by atomic mass is 16.4. The Bertz CT molecular complexity index is 700. The van der Waals surface area contributed by atoms with E-state index in [0.29, 0.717) is 18.5 Å². The van der Waals surface area contributed by atoms with Crippen molar-refractivity contribution in [3.63, 3.8) is 0 Å². The fourth-order valence-corrected chi connectivity index (χ4v) is 3.73. The minimum absolute atomic E-state index is 0.0736. The van der Waals surface area contributed by atoms with E-state index in [0.717, 1.165) is 25.8 Å². The number of phenolic OH excluding ortho intramolecular Hbond substituents is 1. The molecule has 0 spiro atoms. The number of hydrogen-bond donors (Lipinski definition) is 4. The zero-order valence-corrected chi connectivity index (χ0v) is 15.1. The third-order valence-corrected chi connectivity index (χ3v) is 5.19. The summed E-state index contributed by atoms with van der Waals surface area (Å²) in [7, 11) is 0. The number of hydrogen-bond acceptors (Lipinski definition) is 5. The Morgan fingerprint density at radius 3 is 2.56 bits per heavy atom. The average Bonchev–Trinajstić information content (AvgIpc) is 3.34. The first-order chi connectivity index (χ1) is 13.0. The van der Waals surface area contributed by atoms with Crippen molar-refractivity contribution < 1.29 is 24.6 Å². The number of carboxylic acid groups (broad SMARTS) is 1. The van der Waals surface area contributed by atoms with Gasteiger partial charge in [0.25, 0.3) is 0 Å². The second-order valence-corrected chi connectivity index (χ2v) is 7.11. The molecule has 4 N–H and O–H groups in total. The number of carbonyl (C=O) groups excluding carboxylic acids is 2. The minimum atomic E-state index is -1.13. The normalized spacial score (nSPS) is 23.2. The van der Waals surface area contributed by atoms with Crippen molar-refractivity contribution in [1.82, 2.24) is 15.5 Å². The molecular weight excluding hydrogens is 350 g/mol. The minimum Gasteiger partial charge on any atom is -0.508 e. The molecule has 8 nitrogen and oxygen atoms in total. The van der Waals surface area contributed by atoms with E-state index < -0.39 is 24.0 Å². The lowest BCUT2D eigenvalue weighted by Gasteiger charge is -2.27. The van der Waals surface area contributed by atoms with Gasteiger partial charge >= 0.3 is 5.97 Å². The van der Waals surface area contributed by atoms with Crippen LogP contribution in [0.2, 0.25) is 0 Å². The van der Waals surface area contributed by atoms with Gasteiger partial charge in [0.05, 0.1) is 6.04 Å². The first kappa shape index (κ1) is 19.2. The van der Waals surface area contributed by atoms with Crippen LogP contribution in [0.15, 0.2) is 24.3 Å². The van der Waals surface area contributed by atoms with E-state index in [1.54, 1.807) is 17.0 Å². The summed E-state index contributed by atoms with van der Waals surface area (Å²) in [4.78, 5) is 38.5. The van der Waals surface area contributed by atoms with E-state index in [1.807, 2.05) is 0 Å². The first-order valence-electron chi connectivity index (χ1n) is 9.30. The van der Waals surface area contributed by atoms with Crippen LogP contribution < -0.4 is 10.6 Å². The van der Waals surface area contributed by atoms with Crippen molar-refractivity contribution >= 4 is 17.8 Å². The Morgan fingerprint density at radius 1 is 1.19 bits per heavy atom. The summed E-state index contributed by atoms with van der Waals surface area (Å²) in [6.07, 6.45) is 3.07. The highest BCUT2D eigenvalue weighted by molar-refractivity contribution is 5.92. The third kappa shape index (κ3) is 4.57.